The third-order valence-electron chi connectivity index (χ3n) is 4.29. The second-order valence-electron chi connectivity index (χ2n) is 6.08. The number of halogens is 1. The van der Waals surface area contributed by atoms with E-state index < -0.39 is 6.10 Å². The first-order chi connectivity index (χ1) is 9.65. The zero-order chi connectivity index (χ0) is 14.4. The molecule has 0 aromatic carbocycles. The van der Waals surface area contributed by atoms with Crippen LogP contribution in [-0.2, 0) is 14.3 Å². The smallest absolute Gasteiger partial charge is 0.249 e. The van der Waals surface area contributed by atoms with Crippen molar-refractivity contribution in [3.63, 3.8) is 0 Å². The van der Waals surface area contributed by atoms with E-state index in [1.807, 2.05) is 6.92 Å². The molecule has 124 valence electrons. The Hall–Kier alpha value is -0.360. The fourth-order valence-corrected chi connectivity index (χ4v) is 2.85. The number of carbonyl (C=O) groups excluding carboxylic acids is 1. The maximum absolute atomic E-state index is 12.1. The van der Waals surface area contributed by atoms with Crippen molar-refractivity contribution in [1.82, 2.24) is 5.32 Å². The lowest BCUT2D eigenvalue weighted by Gasteiger charge is -2.28. The fourth-order valence-electron chi connectivity index (χ4n) is 2.85. The molecule has 1 saturated heterocycles. The van der Waals surface area contributed by atoms with Gasteiger partial charge in [-0.2, -0.15) is 0 Å². The van der Waals surface area contributed by atoms with Gasteiger partial charge < -0.3 is 20.5 Å². The van der Waals surface area contributed by atoms with Crippen molar-refractivity contribution in [3.8, 4) is 0 Å². The monoisotopic (exact) mass is 320 g/mol. The summed E-state index contributed by atoms with van der Waals surface area (Å²) in [5, 5.41) is 3.07. The Labute approximate surface area is 133 Å². The molecule has 0 aromatic rings. The van der Waals surface area contributed by atoms with Gasteiger partial charge in [0.25, 0.3) is 0 Å². The standard InChI is InChI=1S/C15H28N2O3.ClH/c1-11(20-10-14-4-2-3-9-19-14)15(18)17-13-7-5-12(16)6-8-13;/h11-14H,2-10,16H2,1H3,(H,17,18);1H. The Balaban J connectivity index is 0.00000220. The van der Waals surface area contributed by atoms with Crippen LogP contribution in [0.2, 0.25) is 0 Å². The highest BCUT2D eigenvalue weighted by molar-refractivity contribution is 5.85. The number of rotatable bonds is 5. The summed E-state index contributed by atoms with van der Waals surface area (Å²) in [7, 11) is 0. The summed E-state index contributed by atoms with van der Waals surface area (Å²) in [5.41, 5.74) is 5.87. The van der Waals surface area contributed by atoms with E-state index in [2.05, 4.69) is 5.32 Å². The van der Waals surface area contributed by atoms with Crippen LogP contribution in [0.15, 0.2) is 0 Å². The predicted octanol–water partition coefficient (Wildman–Crippen LogP) is 1.77. The summed E-state index contributed by atoms with van der Waals surface area (Å²) < 4.78 is 11.2. The number of amides is 1. The molecule has 0 bridgehead atoms. The van der Waals surface area contributed by atoms with Crippen molar-refractivity contribution in [3.05, 3.63) is 0 Å². The summed E-state index contributed by atoms with van der Waals surface area (Å²) in [4.78, 5) is 12.1. The van der Waals surface area contributed by atoms with Crippen LogP contribution in [0.5, 0.6) is 0 Å². The first kappa shape index (κ1) is 18.7. The van der Waals surface area contributed by atoms with Crippen molar-refractivity contribution in [2.24, 2.45) is 5.73 Å². The second-order valence-corrected chi connectivity index (χ2v) is 6.08. The molecule has 0 aromatic heterocycles. The summed E-state index contributed by atoms with van der Waals surface area (Å²) >= 11 is 0. The molecule has 1 aliphatic carbocycles. The van der Waals surface area contributed by atoms with Gasteiger partial charge in [-0.05, 0) is 51.9 Å². The molecular formula is C15H29ClN2O3. The molecule has 2 unspecified atom stereocenters. The van der Waals surface area contributed by atoms with Crippen molar-refractivity contribution < 1.29 is 14.3 Å². The lowest BCUT2D eigenvalue weighted by Crippen LogP contribution is -2.45. The second kappa shape index (κ2) is 9.62. The molecule has 1 saturated carbocycles. The summed E-state index contributed by atoms with van der Waals surface area (Å²) in [6, 6.07) is 0.569. The van der Waals surface area contributed by atoms with Gasteiger partial charge in [0.15, 0.2) is 0 Å². The maximum atomic E-state index is 12.1. The average molecular weight is 321 g/mol. The van der Waals surface area contributed by atoms with Crippen LogP contribution in [0.4, 0.5) is 0 Å². The molecular weight excluding hydrogens is 292 g/mol. The molecule has 5 nitrogen and oxygen atoms in total. The molecule has 21 heavy (non-hydrogen) atoms. The molecule has 0 spiro atoms. The van der Waals surface area contributed by atoms with E-state index in [0.717, 1.165) is 45.1 Å². The third kappa shape index (κ3) is 6.51. The van der Waals surface area contributed by atoms with Gasteiger partial charge >= 0.3 is 0 Å². The van der Waals surface area contributed by atoms with E-state index in [4.69, 9.17) is 15.2 Å². The van der Waals surface area contributed by atoms with Gasteiger partial charge in [0.1, 0.15) is 6.10 Å². The van der Waals surface area contributed by atoms with Crippen molar-refractivity contribution in [2.75, 3.05) is 13.2 Å². The van der Waals surface area contributed by atoms with Crippen molar-refractivity contribution in [2.45, 2.75) is 76.2 Å². The van der Waals surface area contributed by atoms with E-state index in [-0.39, 0.29) is 30.5 Å². The van der Waals surface area contributed by atoms with E-state index >= 15 is 0 Å². The topological polar surface area (TPSA) is 73.6 Å². The molecule has 1 aliphatic heterocycles. The van der Waals surface area contributed by atoms with Gasteiger partial charge in [0.05, 0.1) is 12.7 Å². The Morgan fingerprint density at radius 3 is 2.62 bits per heavy atom. The molecule has 3 N–H and O–H groups in total. The Morgan fingerprint density at radius 2 is 2.00 bits per heavy atom. The Morgan fingerprint density at radius 1 is 1.29 bits per heavy atom. The Kier molecular flexibility index (Phi) is 8.56. The van der Waals surface area contributed by atoms with E-state index in [1.165, 1.54) is 6.42 Å². The molecule has 0 radical (unpaired) electrons. The SMILES string of the molecule is CC(OCC1CCCCO1)C(=O)NC1CCC(N)CC1.Cl. The van der Waals surface area contributed by atoms with Crippen LogP contribution in [0, 0.1) is 0 Å². The van der Waals surface area contributed by atoms with Gasteiger partial charge in [0.2, 0.25) is 5.91 Å². The maximum Gasteiger partial charge on any atom is 0.249 e. The van der Waals surface area contributed by atoms with Crippen LogP contribution in [-0.4, -0.2) is 43.4 Å². The van der Waals surface area contributed by atoms with Gasteiger partial charge in [-0.3, -0.25) is 4.79 Å². The van der Waals surface area contributed by atoms with Crippen molar-refractivity contribution >= 4 is 18.3 Å². The average Bonchev–Trinajstić information content (AvgIpc) is 2.48. The zero-order valence-corrected chi connectivity index (χ0v) is 13.7. The number of nitrogens with two attached hydrogens (primary N) is 1. The van der Waals surface area contributed by atoms with Gasteiger partial charge in [0, 0.05) is 18.7 Å². The largest absolute Gasteiger partial charge is 0.376 e. The minimum atomic E-state index is -0.406. The van der Waals surface area contributed by atoms with Crippen LogP contribution >= 0.6 is 12.4 Å². The van der Waals surface area contributed by atoms with Crippen LogP contribution in [0.25, 0.3) is 0 Å². The number of ether oxygens (including phenoxy) is 2. The fraction of sp³-hybridized carbons (Fsp3) is 0.933. The number of carbonyl (C=O) groups is 1. The molecule has 2 atom stereocenters. The molecule has 2 aliphatic rings. The quantitative estimate of drug-likeness (QED) is 0.809. The van der Waals surface area contributed by atoms with Gasteiger partial charge in [-0.25, -0.2) is 0 Å². The minimum absolute atomic E-state index is 0. The van der Waals surface area contributed by atoms with E-state index in [1.54, 1.807) is 0 Å². The number of hydrogen-bond donors (Lipinski definition) is 2. The van der Waals surface area contributed by atoms with Gasteiger partial charge in [-0.1, -0.05) is 0 Å². The van der Waals surface area contributed by atoms with Crippen LogP contribution in [0.1, 0.15) is 51.9 Å². The third-order valence-corrected chi connectivity index (χ3v) is 4.29. The Bertz CT molecular complexity index is 303. The highest BCUT2D eigenvalue weighted by Crippen LogP contribution is 2.17. The first-order valence-electron chi connectivity index (χ1n) is 7.94. The molecule has 1 heterocycles. The zero-order valence-electron chi connectivity index (χ0n) is 12.9. The summed E-state index contributed by atoms with van der Waals surface area (Å²) in [6.07, 6.45) is 7.06. The van der Waals surface area contributed by atoms with E-state index in [0.29, 0.717) is 12.6 Å². The molecule has 6 heteroatoms. The normalized spacial score (nSPS) is 31.0. The summed E-state index contributed by atoms with van der Waals surface area (Å²) in [5.74, 6) is -0.0127. The molecule has 2 fully saturated rings. The predicted molar refractivity (Wildman–Crippen MR) is 84.6 cm³/mol. The van der Waals surface area contributed by atoms with Crippen LogP contribution in [0.3, 0.4) is 0 Å². The lowest BCUT2D eigenvalue weighted by molar-refractivity contribution is -0.136. The first-order valence-corrected chi connectivity index (χ1v) is 7.94. The van der Waals surface area contributed by atoms with Crippen molar-refractivity contribution in [1.29, 1.82) is 0 Å². The lowest BCUT2D eigenvalue weighted by atomic mass is 9.92. The highest BCUT2D eigenvalue weighted by atomic mass is 35.5. The van der Waals surface area contributed by atoms with Crippen LogP contribution < -0.4 is 11.1 Å². The minimum Gasteiger partial charge on any atom is -0.376 e. The van der Waals surface area contributed by atoms with Gasteiger partial charge in [-0.15, -0.1) is 12.4 Å². The summed E-state index contributed by atoms with van der Waals surface area (Å²) in [6.45, 7) is 3.15. The molecule has 2 rings (SSSR count). The van der Waals surface area contributed by atoms with E-state index in [9.17, 15) is 4.79 Å². The number of nitrogens with one attached hydrogen (secondary N) is 1. The number of hydrogen-bond acceptors (Lipinski definition) is 4. The molecule has 1 amide bonds. The highest BCUT2D eigenvalue weighted by Gasteiger charge is 2.23.